The highest BCUT2D eigenvalue weighted by atomic mass is 35.5. The molecule has 0 N–H and O–H groups in total. The Bertz CT molecular complexity index is 1140. The highest BCUT2D eigenvalue weighted by molar-refractivity contribution is 6.31. The van der Waals surface area contributed by atoms with Crippen molar-refractivity contribution in [1.29, 1.82) is 0 Å². The summed E-state index contributed by atoms with van der Waals surface area (Å²) in [4.78, 5) is 8.47. The number of hydrogen-bond donors (Lipinski definition) is 0. The number of alkyl halides is 2. The van der Waals surface area contributed by atoms with E-state index in [1.165, 1.54) is 29.1 Å². The largest absolute Gasteiger partial charge is 0.323 e. The van der Waals surface area contributed by atoms with Crippen LogP contribution in [0.5, 0.6) is 0 Å². The molecule has 0 aliphatic carbocycles. The van der Waals surface area contributed by atoms with Gasteiger partial charge in [0.1, 0.15) is 11.5 Å². The van der Waals surface area contributed by atoms with Crippen LogP contribution >= 0.6 is 11.6 Å². The second-order valence-electron chi connectivity index (χ2n) is 6.00. The zero-order chi connectivity index (χ0) is 19.1. The summed E-state index contributed by atoms with van der Waals surface area (Å²) in [5, 5.41) is 4.44. The molecule has 138 valence electrons. The molecule has 4 rings (SSSR count). The Kier molecular flexibility index (Phi) is 4.35. The highest BCUT2D eigenvalue weighted by Gasteiger charge is 2.20. The fourth-order valence-corrected chi connectivity index (χ4v) is 3.09. The molecule has 0 saturated heterocycles. The van der Waals surface area contributed by atoms with Crippen LogP contribution in [0.4, 0.5) is 13.2 Å². The summed E-state index contributed by atoms with van der Waals surface area (Å²) in [6.45, 7) is 1.30. The first-order valence-electron chi connectivity index (χ1n) is 8.04. The van der Waals surface area contributed by atoms with Gasteiger partial charge < -0.3 is 4.57 Å². The van der Waals surface area contributed by atoms with Crippen LogP contribution < -0.4 is 0 Å². The molecule has 4 aromatic rings. The number of aryl methyl sites for hydroxylation is 1. The van der Waals surface area contributed by atoms with Crippen LogP contribution in [0.3, 0.4) is 0 Å². The van der Waals surface area contributed by atoms with E-state index < -0.39 is 18.8 Å². The maximum absolute atomic E-state index is 13.5. The third kappa shape index (κ3) is 3.16. The van der Waals surface area contributed by atoms with E-state index in [-0.39, 0.29) is 5.02 Å². The van der Waals surface area contributed by atoms with Crippen LogP contribution in [0.1, 0.15) is 5.69 Å². The summed E-state index contributed by atoms with van der Waals surface area (Å²) in [5.41, 5.74) is 3.18. The van der Waals surface area contributed by atoms with E-state index in [2.05, 4.69) is 15.1 Å². The molecule has 0 aliphatic rings. The van der Waals surface area contributed by atoms with Crippen LogP contribution in [0.2, 0.25) is 5.02 Å². The molecule has 3 aromatic heterocycles. The average Bonchev–Trinajstić information content (AvgIpc) is 3.20. The van der Waals surface area contributed by atoms with Crippen molar-refractivity contribution in [1.82, 2.24) is 24.1 Å². The van der Waals surface area contributed by atoms with E-state index in [0.717, 1.165) is 5.69 Å². The van der Waals surface area contributed by atoms with Gasteiger partial charge in [-0.05, 0) is 37.3 Å². The number of rotatable bonds is 4. The molecule has 0 aliphatic heterocycles. The summed E-state index contributed by atoms with van der Waals surface area (Å²) in [6, 6.07) is 7.56. The van der Waals surface area contributed by atoms with Crippen LogP contribution in [0, 0.1) is 12.7 Å². The van der Waals surface area contributed by atoms with Crippen LogP contribution in [-0.4, -0.2) is 30.6 Å². The minimum atomic E-state index is -2.57. The van der Waals surface area contributed by atoms with E-state index in [1.54, 1.807) is 22.8 Å². The van der Waals surface area contributed by atoms with Crippen molar-refractivity contribution in [2.45, 2.75) is 19.9 Å². The predicted octanol–water partition coefficient (Wildman–Crippen LogP) is 4.63. The first-order chi connectivity index (χ1) is 12.9. The lowest BCUT2D eigenvalue weighted by atomic mass is 10.1. The van der Waals surface area contributed by atoms with Gasteiger partial charge in [0.25, 0.3) is 6.43 Å². The fraction of sp³-hybridized carbons (Fsp3) is 0.167. The van der Waals surface area contributed by atoms with Gasteiger partial charge in [-0.1, -0.05) is 11.6 Å². The van der Waals surface area contributed by atoms with E-state index in [4.69, 9.17) is 11.6 Å². The first kappa shape index (κ1) is 17.5. The van der Waals surface area contributed by atoms with Crippen LogP contribution in [0.25, 0.3) is 28.3 Å². The topological polar surface area (TPSA) is 48.0 Å². The van der Waals surface area contributed by atoms with Crippen molar-refractivity contribution in [3.8, 4) is 22.6 Å². The molecular formula is C18H13ClF3N5. The summed E-state index contributed by atoms with van der Waals surface area (Å²) in [6.07, 6.45) is 0.422. The van der Waals surface area contributed by atoms with Gasteiger partial charge in [-0.2, -0.15) is 5.10 Å². The number of nitrogens with zero attached hydrogens (tertiary/aromatic N) is 5. The Hall–Kier alpha value is -2.87. The van der Waals surface area contributed by atoms with Crippen molar-refractivity contribution in [2.24, 2.45) is 0 Å². The van der Waals surface area contributed by atoms with Gasteiger partial charge in [0.2, 0.25) is 0 Å². The van der Waals surface area contributed by atoms with E-state index in [1.807, 2.05) is 6.92 Å². The van der Waals surface area contributed by atoms with Crippen molar-refractivity contribution < 1.29 is 13.2 Å². The average molecular weight is 392 g/mol. The fourth-order valence-electron chi connectivity index (χ4n) is 2.91. The van der Waals surface area contributed by atoms with Crippen molar-refractivity contribution in [2.75, 3.05) is 0 Å². The maximum atomic E-state index is 13.5. The highest BCUT2D eigenvalue weighted by Crippen LogP contribution is 2.32. The van der Waals surface area contributed by atoms with Gasteiger partial charge in [-0.3, -0.25) is 0 Å². The molecular weight excluding hydrogens is 379 g/mol. The molecule has 9 heteroatoms. The predicted molar refractivity (Wildman–Crippen MR) is 95.4 cm³/mol. The maximum Gasteiger partial charge on any atom is 0.256 e. The Morgan fingerprint density at radius 1 is 1.15 bits per heavy atom. The van der Waals surface area contributed by atoms with Gasteiger partial charge in [0.15, 0.2) is 5.65 Å². The molecule has 3 heterocycles. The Balaban J connectivity index is 1.93. The Morgan fingerprint density at radius 3 is 2.70 bits per heavy atom. The van der Waals surface area contributed by atoms with Crippen molar-refractivity contribution in [3.63, 3.8) is 0 Å². The number of fused-ring (bicyclic) bond motifs is 1. The Labute approximate surface area is 157 Å². The molecule has 0 atom stereocenters. The first-order valence-corrected chi connectivity index (χ1v) is 8.42. The lowest BCUT2D eigenvalue weighted by Gasteiger charge is -2.10. The van der Waals surface area contributed by atoms with Crippen LogP contribution in [-0.2, 0) is 6.54 Å². The van der Waals surface area contributed by atoms with Gasteiger partial charge >= 0.3 is 0 Å². The summed E-state index contributed by atoms with van der Waals surface area (Å²) in [5.74, 6) is -0.567. The zero-order valence-electron chi connectivity index (χ0n) is 14.1. The third-order valence-electron chi connectivity index (χ3n) is 4.14. The summed E-state index contributed by atoms with van der Waals surface area (Å²) in [7, 11) is 0. The quantitative estimate of drug-likeness (QED) is 0.509. The molecule has 0 radical (unpaired) electrons. The minimum Gasteiger partial charge on any atom is -0.323 e. The molecule has 0 amide bonds. The number of imidazole rings is 2. The van der Waals surface area contributed by atoms with E-state index in [9.17, 15) is 13.2 Å². The standard InChI is InChI=1S/C18H13ClF3N5/c1-10-7-23-16-5-4-14(25-27(10)16)18-17(24-9-26(18)8-15(21)22)11-2-3-13(20)12(19)6-11/h2-7,9,15H,8H2,1H3. The van der Waals surface area contributed by atoms with Gasteiger partial charge in [-0.25, -0.2) is 27.7 Å². The van der Waals surface area contributed by atoms with Crippen molar-refractivity contribution >= 4 is 17.2 Å². The second-order valence-corrected chi connectivity index (χ2v) is 6.41. The smallest absolute Gasteiger partial charge is 0.256 e. The molecule has 0 saturated carbocycles. The zero-order valence-corrected chi connectivity index (χ0v) is 14.8. The number of halogens is 4. The SMILES string of the molecule is Cc1cnc2ccc(-c3c(-c4ccc(F)c(Cl)c4)ncn3CC(F)F)nn12. The number of hydrogen-bond acceptors (Lipinski definition) is 3. The third-order valence-corrected chi connectivity index (χ3v) is 4.43. The number of benzene rings is 1. The minimum absolute atomic E-state index is 0.0734. The molecule has 0 unspecified atom stereocenters. The molecule has 0 fully saturated rings. The van der Waals surface area contributed by atoms with Crippen LogP contribution in [0.15, 0.2) is 42.9 Å². The normalized spacial score (nSPS) is 11.6. The van der Waals surface area contributed by atoms with E-state index in [0.29, 0.717) is 28.3 Å². The molecule has 27 heavy (non-hydrogen) atoms. The molecule has 1 aromatic carbocycles. The monoisotopic (exact) mass is 391 g/mol. The van der Waals surface area contributed by atoms with Gasteiger partial charge in [0, 0.05) is 5.56 Å². The van der Waals surface area contributed by atoms with Gasteiger partial charge in [-0.15, -0.1) is 0 Å². The van der Waals surface area contributed by atoms with E-state index >= 15 is 0 Å². The molecule has 5 nitrogen and oxygen atoms in total. The summed E-state index contributed by atoms with van der Waals surface area (Å²) >= 11 is 5.88. The van der Waals surface area contributed by atoms with Gasteiger partial charge in [0.05, 0.1) is 41.2 Å². The summed E-state index contributed by atoms with van der Waals surface area (Å²) < 4.78 is 42.6. The second kappa shape index (κ2) is 6.70. The lowest BCUT2D eigenvalue weighted by Crippen LogP contribution is -2.08. The number of aromatic nitrogens is 5. The molecule has 0 bridgehead atoms. The van der Waals surface area contributed by atoms with Crippen molar-refractivity contribution in [3.05, 3.63) is 59.4 Å². The lowest BCUT2D eigenvalue weighted by molar-refractivity contribution is 0.127. The molecule has 0 spiro atoms. The Morgan fingerprint density at radius 2 is 1.96 bits per heavy atom.